The Morgan fingerprint density at radius 1 is 0.396 bits per heavy atom. The number of nitrogens with zero attached hydrogens (tertiary/aromatic N) is 3. The molecule has 53 heavy (non-hydrogen) atoms. The minimum absolute atomic E-state index is 0.271. The van der Waals surface area contributed by atoms with E-state index in [4.69, 9.17) is 4.42 Å². The van der Waals surface area contributed by atoms with Crippen molar-refractivity contribution >= 4 is 82.6 Å². The van der Waals surface area contributed by atoms with Crippen molar-refractivity contribution in [2.45, 2.75) is 0 Å². The minimum atomic E-state index is -0.271. The third-order valence-corrected chi connectivity index (χ3v) is 10.5. The Hall–Kier alpha value is -7.11. The Bertz CT molecular complexity index is 3210. The monoisotopic (exact) mass is 683 g/mol. The molecule has 3 aromatic heterocycles. The summed E-state index contributed by atoms with van der Waals surface area (Å²) >= 11 is 0. The van der Waals surface area contributed by atoms with Crippen molar-refractivity contribution in [3.05, 3.63) is 188 Å². The molecule has 0 unspecified atom stereocenters. The van der Waals surface area contributed by atoms with Crippen LogP contribution in [0.2, 0.25) is 0 Å². The van der Waals surface area contributed by atoms with Crippen LogP contribution in [0.4, 0.5) is 21.5 Å². The fraction of sp³-hybridized carbons (Fsp3) is 0. The second-order valence-electron chi connectivity index (χ2n) is 13.5. The number of furan rings is 1. The van der Waals surface area contributed by atoms with Gasteiger partial charge in [0.1, 0.15) is 17.0 Å². The Labute approximate surface area is 303 Å². The lowest BCUT2D eigenvalue weighted by Crippen LogP contribution is -2.11. The third-order valence-electron chi connectivity index (χ3n) is 10.5. The lowest BCUT2D eigenvalue weighted by molar-refractivity contribution is 0.627. The summed E-state index contributed by atoms with van der Waals surface area (Å²) in [5, 5.41) is 6.61. The molecule has 0 fully saturated rings. The Kier molecular flexibility index (Phi) is 6.40. The number of hydrogen-bond donors (Lipinski definition) is 0. The van der Waals surface area contributed by atoms with Gasteiger partial charge in [0.15, 0.2) is 0 Å². The lowest BCUT2D eigenvalue weighted by Gasteiger charge is -2.27. The van der Waals surface area contributed by atoms with Crippen LogP contribution in [0.1, 0.15) is 0 Å². The van der Waals surface area contributed by atoms with E-state index in [-0.39, 0.29) is 5.82 Å². The molecule has 0 aliphatic rings. The lowest BCUT2D eigenvalue weighted by atomic mass is 10.0. The van der Waals surface area contributed by atoms with E-state index in [1.807, 2.05) is 24.3 Å². The number of anilines is 3. The smallest absolute Gasteiger partial charge is 0.137 e. The van der Waals surface area contributed by atoms with E-state index in [2.05, 4.69) is 154 Å². The number of aromatic nitrogens is 2. The summed E-state index contributed by atoms with van der Waals surface area (Å²) in [6.45, 7) is 0. The number of fused-ring (bicyclic) bond motifs is 9. The molecule has 0 atom stereocenters. The maximum absolute atomic E-state index is 14.8. The average molecular weight is 684 g/mol. The second kappa shape index (κ2) is 11.5. The quantitative estimate of drug-likeness (QED) is 0.180. The zero-order chi connectivity index (χ0) is 35.0. The highest BCUT2D eigenvalue weighted by Gasteiger charge is 2.25. The molecule has 0 aliphatic heterocycles. The van der Waals surface area contributed by atoms with Crippen molar-refractivity contribution in [1.82, 2.24) is 9.13 Å². The molecule has 0 radical (unpaired) electrons. The molecule has 0 N–H and O–H groups in total. The van der Waals surface area contributed by atoms with Crippen molar-refractivity contribution in [2.75, 3.05) is 4.90 Å². The second-order valence-corrected chi connectivity index (χ2v) is 13.5. The van der Waals surface area contributed by atoms with Crippen LogP contribution in [-0.2, 0) is 0 Å². The molecule has 0 saturated heterocycles. The van der Waals surface area contributed by atoms with Gasteiger partial charge in [-0.05, 0) is 84.9 Å². The van der Waals surface area contributed by atoms with Gasteiger partial charge in [-0.2, -0.15) is 0 Å². The van der Waals surface area contributed by atoms with Gasteiger partial charge < -0.3 is 18.5 Å². The summed E-state index contributed by atoms with van der Waals surface area (Å²) in [6, 6.07) is 62.2. The molecular formula is C48H30FN3O. The summed E-state index contributed by atoms with van der Waals surface area (Å²) in [5.74, 6) is -0.271. The predicted molar refractivity (Wildman–Crippen MR) is 217 cm³/mol. The van der Waals surface area contributed by atoms with Crippen molar-refractivity contribution < 1.29 is 8.81 Å². The fourth-order valence-corrected chi connectivity index (χ4v) is 8.38. The van der Waals surface area contributed by atoms with Gasteiger partial charge in [0.05, 0.1) is 33.4 Å². The standard InChI is InChI=1S/C48H30FN3O/c49-31-13-10-16-33(29-31)51-40-21-8-5-19-38(40)48-42(51)23-12-25-44(48)52(34-27-28-36-35-17-6-9-26-45(35)53-46(36)30-34)43-24-11-22-41-47(43)37-18-4-7-20-39(37)50(41)32-14-2-1-3-15-32/h1-30H. The van der Waals surface area contributed by atoms with Gasteiger partial charge in [0.2, 0.25) is 0 Å². The van der Waals surface area contributed by atoms with E-state index in [0.717, 1.165) is 94.0 Å². The maximum Gasteiger partial charge on any atom is 0.137 e. The molecule has 0 saturated carbocycles. The van der Waals surface area contributed by atoms with Crippen LogP contribution in [-0.4, -0.2) is 9.13 Å². The summed E-state index contributed by atoms with van der Waals surface area (Å²) in [7, 11) is 0. The van der Waals surface area contributed by atoms with Crippen molar-refractivity contribution in [1.29, 1.82) is 0 Å². The highest BCUT2D eigenvalue weighted by Crippen LogP contribution is 2.48. The number of rotatable bonds is 5. The summed E-state index contributed by atoms with van der Waals surface area (Å²) < 4.78 is 25.8. The SMILES string of the molecule is Fc1cccc(-n2c3ccccc3c3c(N(c4ccc5c(c4)oc4ccccc45)c4cccc5c4c4ccccc4n5-c4ccccc4)cccc32)c1. The van der Waals surface area contributed by atoms with Crippen molar-refractivity contribution in [3.63, 3.8) is 0 Å². The first kappa shape index (κ1) is 29.6. The van der Waals surface area contributed by atoms with Gasteiger partial charge in [-0.25, -0.2) is 4.39 Å². The van der Waals surface area contributed by atoms with E-state index in [0.29, 0.717) is 0 Å². The Morgan fingerprint density at radius 2 is 0.925 bits per heavy atom. The molecule has 0 spiro atoms. The van der Waals surface area contributed by atoms with Gasteiger partial charge >= 0.3 is 0 Å². The summed E-state index contributed by atoms with van der Waals surface area (Å²) in [6.07, 6.45) is 0. The molecule has 0 amide bonds. The zero-order valence-electron chi connectivity index (χ0n) is 28.4. The Balaban J connectivity index is 1.27. The number of para-hydroxylation sites is 4. The molecule has 0 bridgehead atoms. The van der Waals surface area contributed by atoms with E-state index >= 15 is 0 Å². The maximum atomic E-state index is 14.8. The fourth-order valence-electron chi connectivity index (χ4n) is 8.38. The Morgan fingerprint density at radius 3 is 1.60 bits per heavy atom. The highest BCUT2D eigenvalue weighted by atomic mass is 19.1. The van der Waals surface area contributed by atoms with Gasteiger partial charge in [0.25, 0.3) is 0 Å². The van der Waals surface area contributed by atoms with Crippen LogP contribution in [0, 0.1) is 5.82 Å². The normalized spacial score (nSPS) is 11.9. The molecule has 11 rings (SSSR count). The number of hydrogen-bond acceptors (Lipinski definition) is 2. The summed E-state index contributed by atoms with van der Waals surface area (Å²) in [5.41, 5.74) is 10.8. The molecule has 5 heteroatoms. The number of halogens is 1. The van der Waals surface area contributed by atoms with Gasteiger partial charge in [-0.1, -0.05) is 91.0 Å². The molecule has 8 aromatic carbocycles. The highest BCUT2D eigenvalue weighted by molar-refractivity contribution is 6.21. The van der Waals surface area contributed by atoms with E-state index in [1.54, 1.807) is 12.1 Å². The van der Waals surface area contributed by atoms with E-state index in [9.17, 15) is 4.39 Å². The van der Waals surface area contributed by atoms with Crippen LogP contribution < -0.4 is 4.90 Å². The van der Waals surface area contributed by atoms with Crippen LogP contribution in [0.5, 0.6) is 0 Å². The molecule has 4 nitrogen and oxygen atoms in total. The average Bonchev–Trinajstić information content (AvgIpc) is 3.86. The molecule has 11 aromatic rings. The van der Waals surface area contributed by atoms with Gasteiger partial charge in [0, 0.05) is 55.4 Å². The third kappa shape index (κ3) is 4.41. The van der Waals surface area contributed by atoms with E-state index < -0.39 is 0 Å². The van der Waals surface area contributed by atoms with Crippen LogP contribution in [0.25, 0.3) is 76.9 Å². The predicted octanol–water partition coefficient (Wildman–Crippen LogP) is 13.4. The molecule has 3 heterocycles. The molecular weight excluding hydrogens is 654 g/mol. The topological polar surface area (TPSA) is 26.2 Å². The molecule has 250 valence electrons. The van der Waals surface area contributed by atoms with Crippen LogP contribution in [0.3, 0.4) is 0 Å². The van der Waals surface area contributed by atoms with Crippen molar-refractivity contribution in [2.24, 2.45) is 0 Å². The minimum Gasteiger partial charge on any atom is -0.456 e. The first-order chi connectivity index (χ1) is 26.2. The van der Waals surface area contributed by atoms with Gasteiger partial charge in [-0.15, -0.1) is 0 Å². The first-order valence-corrected chi connectivity index (χ1v) is 17.8. The van der Waals surface area contributed by atoms with Crippen LogP contribution in [0.15, 0.2) is 186 Å². The van der Waals surface area contributed by atoms with Gasteiger partial charge in [-0.3, -0.25) is 0 Å². The zero-order valence-corrected chi connectivity index (χ0v) is 28.4. The number of benzene rings is 8. The summed E-state index contributed by atoms with van der Waals surface area (Å²) in [4.78, 5) is 2.38. The largest absolute Gasteiger partial charge is 0.456 e. The molecule has 0 aliphatic carbocycles. The van der Waals surface area contributed by atoms with E-state index in [1.165, 1.54) is 6.07 Å². The van der Waals surface area contributed by atoms with Crippen molar-refractivity contribution in [3.8, 4) is 11.4 Å². The first-order valence-electron chi connectivity index (χ1n) is 17.8. The van der Waals surface area contributed by atoms with Crippen LogP contribution >= 0.6 is 0 Å².